The number of likely N-dealkylation sites (tertiary alicyclic amines) is 1. The quantitative estimate of drug-likeness (QED) is 0.612. The number of hydrogen-bond acceptors (Lipinski definition) is 8. The molecule has 2 fully saturated rings. The summed E-state index contributed by atoms with van der Waals surface area (Å²) in [5.41, 5.74) is 18.2. The standard InChI is InChI=1S/C17H28N8/c18-16-21-17(19,23-22-16)13-4-5-15(20-12-13)25-10-6-14(7-11-25)24-8-2-1-3-9-24/h4-5,12,14,23H,1-3,6-11,19H2,(H3,18,21,22). The molecule has 6 N–H and O–H groups in total. The largest absolute Gasteiger partial charge is 0.369 e. The van der Waals surface area contributed by atoms with Crippen LogP contribution in [0.1, 0.15) is 37.7 Å². The first-order valence-electron chi connectivity index (χ1n) is 9.27. The van der Waals surface area contributed by atoms with Crippen molar-refractivity contribution in [1.82, 2.24) is 20.7 Å². The van der Waals surface area contributed by atoms with Crippen molar-refractivity contribution in [1.29, 1.82) is 0 Å². The van der Waals surface area contributed by atoms with Crippen LogP contribution in [0.25, 0.3) is 0 Å². The van der Waals surface area contributed by atoms with E-state index in [4.69, 9.17) is 11.5 Å². The molecule has 4 heterocycles. The minimum Gasteiger partial charge on any atom is -0.369 e. The van der Waals surface area contributed by atoms with Gasteiger partial charge in [-0.2, -0.15) is 5.43 Å². The fraction of sp³-hybridized carbons (Fsp3) is 0.647. The number of guanidine groups is 1. The Balaban J connectivity index is 1.37. The Labute approximate surface area is 148 Å². The van der Waals surface area contributed by atoms with E-state index in [1.54, 1.807) is 6.20 Å². The van der Waals surface area contributed by atoms with Gasteiger partial charge in [-0.15, -0.1) is 0 Å². The van der Waals surface area contributed by atoms with Crippen LogP contribution in [0.15, 0.2) is 23.3 Å². The molecule has 1 atom stereocenters. The van der Waals surface area contributed by atoms with Crippen molar-refractivity contribution in [2.24, 2.45) is 16.5 Å². The van der Waals surface area contributed by atoms with Gasteiger partial charge in [0.25, 0.3) is 0 Å². The molecule has 2 saturated heterocycles. The van der Waals surface area contributed by atoms with Crippen molar-refractivity contribution in [3.05, 3.63) is 23.9 Å². The number of aromatic nitrogens is 1. The number of nitrogens with two attached hydrogens (primary N) is 2. The zero-order chi connectivity index (χ0) is 17.3. The number of anilines is 1. The van der Waals surface area contributed by atoms with Gasteiger partial charge in [-0.25, -0.2) is 9.98 Å². The van der Waals surface area contributed by atoms with E-state index < -0.39 is 5.79 Å². The lowest BCUT2D eigenvalue weighted by Crippen LogP contribution is -2.50. The van der Waals surface area contributed by atoms with Gasteiger partial charge in [-0.3, -0.25) is 11.2 Å². The highest BCUT2D eigenvalue weighted by Crippen LogP contribution is 2.25. The van der Waals surface area contributed by atoms with E-state index in [1.165, 1.54) is 45.2 Å². The minimum absolute atomic E-state index is 0.284. The number of hydrazine groups is 1. The Morgan fingerprint density at radius 3 is 2.44 bits per heavy atom. The molecule has 1 aromatic rings. The Morgan fingerprint density at radius 1 is 1.08 bits per heavy atom. The van der Waals surface area contributed by atoms with E-state index in [0.717, 1.165) is 30.5 Å². The molecule has 4 rings (SSSR count). The van der Waals surface area contributed by atoms with Crippen LogP contribution >= 0.6 is 0 Å². The molecule has 1 aromatic heterocycles. The molecule has 3 aliphatic heterocycles. The number of pyridine rings is 1. The lowest BCUT2D eigenvalue weighted by Gasteiger charge is -2.40. The highest BCUT2D eigenvalue weighted by atomic mass is 15.6. The molecule has 0 radical (unpaired) electrons. The molecule has 8 heteroatoms. The summed E-state index contributed by atoms with van der Waals surface area (Å²) < 4.78 is 0. The predicted molar refractivity (Wildman–Crippen MR) is 98.7 cm³/mol. The number of aliphatic imine (C=N–C) groups is 1. The molecule has 25 heavy (non-hydrogen) atoms. The summed E-state index contributed by atoms with van der Waals surface area (Å²) in [6.45, 7) is 4.68. The van der Waals surface area contributed by atoms with Crippen molar-refractivity contribution in [2.45, 2.75) is 43.9 Å². The summed E-state index contributed by atoms with van der Waals surface area (Å²) in [6.07, 6.45) is 8.34. The lowest BCUT2D eigenvalue weighted by molar-refractivity contribution is 0.141. The Bertz CT molecular complexity index is 616. The SMILES string of the molecule is NC1=NC(N)(c2ccc(N3CCC(N4CCCCC4)CC3)nc2)NN1. The summed E-state index contributed by atoms with van der Waals surface area (Å²) in [6, 6.07) is 4.74. The van der Waals surface area contributed by atoms with Crippen molar-refractivity contribution in [3.8, 4) is 0 Å². The van der Waals surface area contributed by atoms with Gasteiger partial charge in [-0.05, 0) is 50.9 Å². The van der Waals surface area contributed by atoms with Crippen LogP contribution in [0, 0.1) is 0 Å². The van der Waals surface area contributed by atoms with Crippen LogP contribution in [0.4, 0.5) is 5.82 Å². The van der Waals surface area contributed by atoms with Gasteiger partial charge in [0.2, 0.25) is 11.7 Å². The first-order valence-corrected chi connectivity index (χ1v) is 9.27. The van der Waals surface area contributed by atoms with Crippen molar-refractivity contribution < 1.29 is 0 Å². The van der Waals surface area contributed by atoms with E-state index in [9.17, 15) is 0 Å². The maximum atomic E-state index is 6.20. The lowest BCUT2D eigenvalue weighted by atomic mass is 10.00. The topological polar surface area (TPSA) is 108 Å². The normalized spacial score (nSPS) is 28.7. The molecule has 136 valence electrons. The molecule has 0 aliphatic carbocycles. The zero-order valence-electron chi connectivity index (χ0n) is 14.6. The van der Waals surface area contributed by atoms with E-state index in [2.05, 4.69) is 30.6 Å². The predicted octanol–water partition coefficient (Wildman–Crippen LogP) is 0.0278. The van der Waals surface area contributed by atoms with E-state index in [1.807, 2.05) is 12.1 Å². The molecule has 0 spiro atoms. The second-order valence-corrected chi connectivity index (χ2v) is 7.23. The third-order valence-electron chi connectivity index (χ3n) is 5.56. The van der Waals surface area contributed by atoms with Crippen LogP contribution in [0.3, 0.4) is 0 Å². The Kier molecular flexibility index (Phi) is 4.49. The molecular weight excluding hydrogens is 316 g/mol. The second kappa shape index (κ2) is 6.78. The van der Waals surface area contributed by atoms with Gasteiger partial charge >= 0.3 is 0 Å². The van der Waals surface area contributed by atoms with Gasteiger partial charge in [0.1, 0.15) is 5.82 Å². The van der Waals surface area contributed by atoms with Gasteiger partial charge in [0, 0.05) is 30.9 Å². The summed E-state index contributed by atoms with van der Waals surface area (Å²) in [5.74, 6) is 0.246. The van der Waals surface area contributed by atoms with Crippen molar-refractivity contribution >= 4 is 11.8 Å². The first-order chi connectivity index (χ1) is 12.1. The average molecular weight is 344 g/mol. The van der Waals surface area contributed by atoms with Crippen LogP contribution in [0.5, 0.6) is 0 Å². The monoisotopic (exact) mass is 344 g/mol. The van der Waals surface area contributed by atoms with Gasteiger partial charge in [0.05, 0.1) is 0 Å². The highest BCUT2D eigenvalue weighted by Gasteiger charge is 2.32. The zero-order valence-corrected chi connectivity index (χ0v) is 14.6. The maximum absolute atomic E-state index is 6.20. The van der Waals surface area contributed by atoms with Crippen LogP contribution in [-0.4, -0.2) is 48.1 Å². The Hall–Kier alpha value is -1.90. The number of hydrogen-bond donors (Lipinski definition) is 4. The van der Waals surface area contributed by atoms with Crippen LogP contribution in [-0.2, 0) is 5.79 Å². The number of rotatable bonds is 3. The summed E-state index contributed by atoms with van der Waals surface area (Å²) in [7, 11) is 0. The molecule has 0 saturated carbocycles. The second-order valence-electron chi connectivity index (χ2n) is 7.23. The van der Waals surface area contributed by atoms with Crippen LogP contribution in [0.2, 0.25) is 0 Å². The summed E-state index contributed by atoms with van der Waals surface area (Å²) >= 11 is 0. The van der Waals surface area contributed by atoms with Crippen LogP contribution < -0.4 is 27.2 Å². The van der Waals surface area contributed by atoms with Gasteiger partial charge in [-0.1, -0.05) is 6.42 Å². The average Bonchev–Trinajstić information content (AvgIpc) is 3.03. The Morgan fingerprint density at radius 2 is 1.84 bits per heavy atom. The summed E-state index contributed by atoms with van der Waals surface area (Å²) in [4.78, 5) is 13.9. The molecule has 8 nitrogen and oxygen atoms in total. The fourth-order valence-corrected chi connectivity index (χ4v) is 4.08. The first kappa shape index (κ1) is 16.6. The minimum atomic E-state index is -1.04. The molecule has 0 aromatic carbocycles. The fourth-order valence-electron chi connectivity index (χ4n) is 4.08. The maximum Gasteiger partial charge on any atom is 0.210 e. The third-order valence-corrected chi connectivity index (χ3v) is 5.56. The van der Waals surface area contributed by atoms with E-state index in [-0.39, 0.29) is 5.96 Å². The molecule has 0 bridgehead atoms. The van der Waals surface area contributed by atoms with Crippen molar-refractivity contribution in [3.63, 3.8) is 0 Å². The third kappa shape index (κ3) is 3.42. The molecule has 3 aliphatic rings. The van der Waals surface area contributed by atoms with Gasteiger partial charge < -0.3 is 15.5 Å². The van der Waals surface area contributed by atoms with E-state index >= 15 is 0 Å². The van der Waals surface area contributed by atoms with E-state index in [0.29, 0.717) is 0 Å². The number of nitrogens with zero attached hydrogens (tertiary/aromatic N) is 4. The number of nitrogens with one attached hydrogen (secondary N) is 2. The summed E-state index contributed by atoms with van der Waals surface area (Å²) in [5, 5.41) is 0. The van der Waals surface area contributed by atoms with Crippen molar-refractivity contribution in [2.75, 3.05) is 31.1 Å². The molecule has 0 amide bonds. The van der Waals surface area contributed by atoms with Gasteiger partial charge in [0.15, 0.2) is 0 Å². The smallest absolute Gasteiger partial charge is 0.210 e. The number of piperidine rings is 2. The molecular formula is C17H28N8. The molecule has 1 unspecified atom stereocenters. The highest BCUT2D eigenvalue weighted by molar-refractivity contribution is 5.79.